The number of nitrogens with zero attached hydrogens (tertiary/aromatic N) is 4. The molecule has 4 rings (SSSR count). The van der Waals surface area contributed by atoms with Crippen LogP contribution >= 0.6 is 23.2 Å². The van der Waals surface area contributed by atoms with Gasteiger partial charge < -0.3 is 5.32 Å². The van der Waals surface area contributed by atoms with Gasteiger partial charge in [0.05, 0.1) is 19.3 Å². The second-order valence-corrected chi connectivity index (χ2v) is 7.56. The maximum Gasteiger partial charge on any atom is 0.264 e. The van der Waals surface area contributed by atoms with Crippen molar-refractivity contribution in [3.63, 3.8) is 0 Å². The Bertz CT molecular complexity index is 1250. The Kier molecular flexibility index (Phi) is 5.83. The molecule has 152 valence electrons. The molecular weight excluding hydrogens is 425 g/mol. The smallest absolute Gasteiger partial charge is 0.264 e. The summed E-state index contributed by atoms with van der Waals surface area (Å²) in [7, 11) is 0. The van der Waals surface area contributed by atoms with Crippen molar-refractivity contribution in [2.24, 2.45) is 0 Å². The lowest BCUT2D eigenvalue weighted by molar-refractivity contribution is 0.0952. The zero-order chi connectivity index (χ0) is 21.1. The van der Waals surface area contributed by atoms with Crippen LogP contribution in [0.2, 0.25) is 10.0 Å². The fourth-order valence-electron chi connectivity index (χ4n) is 3.12. The average molecular weight is 442 g/mol. The summed E-state index contributed by atoms with van der Waals surface area (Å²) in [5, 5.41) is 8.25. The van der Waals surface area contributed by atoms with Crippen LogP contribution in [0.3, 0.4) is 0 Å². The number of hydrogen-bond donors (Lipinski definition) is 1. The number of halogens is 2. The lowest BCUT2D eigenvalue weighted by Gasteiger charge is -2.08. The highest BCUT2D eigenvalue weighted by atomic mass is 35.5. The topological polar surface area (TPSA) is 81.8 Å². The molecule has 1 N–H and O–H groups in total. The van der Waals surface area contributed by atoms with Crippen LogP contribution in [-0.2, 0) is 13.1 Å². The van der Waals surface area contributed by atoms with E-state index in [2.05, 4.69) is 15.4 Å². The zero-order valence-corrected chi connectivity index (χ0v) is 17.3. The predicted octanol–water partition coefficient (Wildman–Crippen LogP) is 3.38. The highest BCUT2D eigenvalue weighted by Gasteiger charge is 2.12. The molecule has 9 heteroatoms. The van der Waals surface area contributed by atoms with Crippen molar-refractivity contribution >= 4 is 40.1 Å². The summed E-state index contributed by atoms with van der Waals surface area (Å²) < 4.78 is 3.14. The molecule has 4 aromatic rings. The van der Waals surface area contributed by atoms with Crippen molar-refractivity contribution in [3.05, 3.63) is 92.6 Å². The van der Waals surface area contributed by atoms with Gasteiger partial charge in [-0.15, -0.1) is 0 Å². The highest BCUT2D eigenvalue weighted by Crippen LogP contribution is 2.19. The molecule has 0 atom stereocenters. The standard InChI is InChI=1S/C21H17Cl2N5O2/c22-16-8-15(9-17(23)10-16)20(29)24-6-7-28-19-18(11-26-28)21(30)27(13-25-19)12-14-4-2-1-3-5-14/h1-5,8-11,13H,6-7,12H2,(H,24,29). The van der Waals surface area contributed by atoms with E-state index in [1.165, 1.54) is 12.5 Å². The molecule has 0 aliphatic heterocycles. The van der Waals surface area contributed by atoms with Crippen molar-refractivity contribution in [1.29, 1.82) is 0 Å². The average Bonchev–Trinajstić information content (AvgIpc) is 3.14. The quantitative estimate of drug-likeness (QED) is 0.497. The van der Waals surface area contributed by atoms with Gasteiger partial charge in [0.2, 0.25) is 0 Å². The van der Waals surface area contributed by atoms with Crippen LogP contribution in [-0.4, -0.2) is 31.8 Å². The molecule has 0 aliphatic rings. The molecule has 2 aromatic heterocycles. The van der Waals surface area contributed by atoms with Gasteiger partial charge in [0.25, 0.3) is 11.5 Å². The molecule has 30 heavy (non-hydrogen) atoms. The van der Waals surface area contributed by atoms with E-state index in [0.717, 1.165) is 5.56 Å². The number of hydrogen-bond acceptors (Lipinski definition) is 4. The van der Waals surface area contributed by atoms with Gasteiger partial charge >= 0.3 is 0 Å². The van der Waals surface area contributed by atoms with Crippen LogP contribution in [0.25, 0.3) is 11.0 Å². The molecule has 0 saturated heterocycles. The first-order valence-electron chi connectivity index (χ1n) is 9.20. The number of nitrogens with one attached hydrogen (secondary N) is 1. The van der Waals surface area contributed by atoms with E-state index in [1.807, 2.05) is 30.3 Å². The fourth-order valence-corrected chi connectivity index (χ4v) is 3.64. The highest BCUT2D eigenvalue weighted by molar-refractivity contribution is 6.35. The van der Waals surface area contributed by atoms with Gasteiger partial charge in [-0.05, 0) is 23.8 Å². The summed E-state index contributed by atoms with van der Waals surface area (Å²) in [6.45, 7) is 1.10. The molecule has 0 aliphatic carbocycles. The summed E-state index contributed by atoms with van der Waals surface area (Å²) in [6.07, 6.45) is 3.02. The number of aromatic nitrogens is 4. The van der Waals surface area contributed by atoms with Crippen molar-refractivity contribution in [1.82, 2.24) is 24.6 Å². The van der Waals surface area contributed by atoms with Crippen molar-refractivity contribution in [2.45, 2.75) is 13.1 Å². The van der Waals surface area contributed by atoms with E-state index in [0.29, 0.717) is 46.3 Å². The summed E-state index contributed by atoms with van der Waals surface area (Å²) in [6, 6.07) is 14.3. The maximum atomic E-state index is 12.8. The molecule has 2 aromatic carbocycles. The third-order valence-electron chi connectivity index (χ3n) is 4.55. The van der Waals surface area contributed by atoms with E-state index in [1.54, 1.807) is 27.4 Å². The van der Waals surface area contributed by atoms with E-state index >= 15 is 0 Å². The first-order valence-corrected chi connectivity index (χ1v) is 9.96. The number of fused-ring (bicyclic) bond motifs is 1. The summed E-state index contributed by atoms with van der Waals surface area (Å²) in [5.74, 6) is -0.297. The van der Waals surface area contributed by atoms with Crippen LogP contribution in [0.5, 0.6) is 0 Å². The molecule has 2 heterocycles. The van der Waals surface area contributed by atoms with Crippen molar-refractivity contribution in [2.75, 3.05) is 6.54 Å². The first-order chi connectivity index (χ1) is 14.5. The van der Waals surface area contributed by atoms with Gasteiger partial charge in [-0.25, -0.2) is 9.67 Å². The molecule has 0 radical (unpaired) electrons. The maximum absolute atomic E-state index is 12.8. The molecule has 1 amide bonds. The normalized spacial score (nSPS) is 11.0. The first kappa shape index (κ1) is 20.1. The van der Waals surface area contributed by atoms with E-state index in [-0.39, 0.29) is 11.5 Å². The van der Waals surface area contributed by atoms with Crippen molar-refractivity contribution in [3.8, 4) is 0 Å². The van der Waals surface area contributed by atoms with Gasteiger partial charge in [0, 0.05) is 22.2 Å². The lowest BCUT2D eigenvalue weighted by atomic mass is 10.2. The van der Waals surface area contributed by atoms with E-state index in [4.69, 9.17) is 23.2 Å². The molecule has 0 unspecified atom stereocenters. The minimum Gasteiger partial charge on any atom is -0.350 e. The number of carbonyl (C=O) groups excluding carboxylic acids is 1. The minimum absolute atomic E-state index is 0.160. The largest absolute Gasteiger partial charge is 0.350 e. The van der Waals surface area contributed by atoms with Crippen molar-refractivity contribution < 1.29 is 4.79 Å². The number of amides is 1. The molecule has 7 nitrogen and oxygen atoms in total. The van der Waals surface area contributed by atoms with Gasteiger partial charge in [0.1, 0.15) is 11.7 Å². The van der Waals surface area contributed by atoms with E-state index in [9.17, 15) is 9.59 Å². The number of benzene rings is 2. The Morgan fingerprint density at radius 2 is 1.80 bits per heavy atom. The second kappa shape index (κ2) is 8.69. The number of rotatable bonds is 6. The second-order valence-electron chi connectivity index (χ2n) is 6.68. The van der Waals surface area contributed by atoms with Crippen LogP contribution in [0, 0.1) is 0 Å². The third-order valence-corrected chi connectivity index (χ3v) is 4.99. The molecule has 0 saturated carbocycles. The summed E-state index contributed by atoms with van der Waals surface area (Å²) >= 11 is 11.9. The summed E-state index contributed by atoms with van der Waals surface area (Å²) in [4.78, 5) is 29.4. The molecule has 0 spiro atoms. The molecular formula is C21H17Cl2N5O2. The van der Waals surface area contributed by atoms with Gasteiger partial charge in [-0.2, -0.15) is 5.10 Å². The van der Waals surface area contributed by atoms with Crippen LogP contribution < -0.4 is 10.9 Å². The van der Waals surface area contributed by atoms with E-state index < -0.39 is 0 Å². The minimum atomic E-state index is -0.297. The van der Waals surface area contributed by atoms with Crippen LogP contribution in [0.15, 0.2) is 65.8 Å². The molecule has 0 fully saturated rings. The number of carbonyl (C=O) groups is 1. The molecule has 0 bridgehead atoms. The lowest BCUT2D eigenvalue weighted by Crippen LogP contribution is -2.27. The Morgan fingerprint density at radius 1 is 1.07 bits per heavy atom. The van der Waals surface area contributed by atoms with Crippen LogP contribution in [0.1, 0.15) is 15.9 Å². The SMILES string of the molecule is O=C(NCCn1ncc2c(=O)n(Cc3ccccc3)cnc21)c1cc(Cl)cc(Cl)c1. The van der Waals surface area contributed by atoms with Gasteiger partial charge in [-0.1, -0.05) is 53.5 Å². The van der Waals surface area contributed by atoms with Gasteiger partial charge in [0.15, 0.2) is 5.65 Å². The monoisotopic (exact) mass is 441 g/mol. The summed E-state index contributed by atoms with van der Waals surface area (Å²) in [5.41, 5.74) is 1.70. The fraction of sp³-hybridized carbons (Fsp3) is 0.143. The Hall–Kier alpha value is -3.16. The Labute approximate surface area is 181 Å². The Balaban J connectivity index is 1.45. The third kappa shape index (κ3) is 4.37. The van der Waals surface area contributed by atoms with Gasteiger partial charge in [-0.3, -0.25) is 14.2 Å². The zero-order valence-electron chi connectivity index (χ0n) is 15.8. The Morgan fingerprint density at radius 3 is 2.53 bits per heavy atom. The van der Waals surface area contributed by atoms with Crippen LogP contribution in [0.4, 0.5) is 0 Å². The predicted molar refractivity (Wildman–Crippen MR) is 116 cm³/mol.